The van der Waals surface area contributed by atoms with E-state index in [1.807, 2.05) is 42.5 Å². The van der Waals surface area contributed by atoms with E-state index in [2.05, 4.69) is 23.4 Å². The number of benzene rings is 2. The second kappa shape index (κ2) is 6.48. The molecule has 1 N–H and O–H groups in total. The lowest BCUT2D eigenvalue weighted by Crippen LogP contribution is -2.13. The summed E-state index contributed by atoms with van der Waals surface area (Å²) in [4.78, 5) is 0. The fraction of sp³-hybridized carbons (Fsp3) is 0.211. The highest BCUT2D eigenvalue weighted by Gasteiger charge is 2.25. The Morgan fingerprint density at radius 3 is 2.50 bits per heavy atom. The van der Waals surface area contributed by atoms with Gasteiger partial charge in [0.2, 0.25) is 0 Å². The van der Waals surface area contributed by atoms with Crippen molar-refractivity contribution in [3.8, 4) is 5.75 Å². The summed E-state index contributed by atoms with van der Waals surface area (Å²) >= 11 is 0. The number of methoxy groups -OCH3 is 1. The van der Waals surface area contributed by atoms with Crippen molar-refractivity contribution in [1.82, 2.24) is 0 Å². The number of oxime groups is 1. The summed E-state index contributed by atoms with van der Waals surface area (Å²) in [6.07, 6.45) is 3.66. The first-order valence-electron chi connectivity index (χ1n) is 7.44. The molecule has 0 saturated heterocycles. The average molecular weight is 293 g/mol. The molecule has 2 aromatic rings. The van der Waals surface area contributed by atoms with E-state index in [-0.39, 0.29) is 5.92 Å². The van der Waals surface area contributed by atoms with Gasteiger partial charge < -0.3 is 9.94 Å². The second-order valence-corrected chi connectivity index (χ2v) is 5.39. The van der Waals surface area contributed by atoms with Gasteiger partial charge in [-0.15, -0.1) is 0 Å². The maximum Gasteiger partial charge on any atom is 0.122 e. The molecule has 1 atom stereocenters. The van der Waals surface area contributed by atoms with Crippen molar-refractivity contribution < 1.29 is 9.94 Å². The zero-order chi connectivity index (χ0) is 15.4. The summed E-state index contributed by atoms with van der Waals surface area (Å²) < 4.78 is 5.53. The van der Waals surface area contributed by atoms with Crippen molar-refractivity contribution in [2.24, 2.45) is 5.16 Å². The predicted molar refractivity (Wildman–Crippen MR) is 88.6 cm³/mol. The molecule has 1 unspecified atom stereocenters. The lowest BCUT2D eigenvalue weighted by Gasteiger charge is -2.26. The Hall–Kier alpha value is -2.55. The van der Waals surface area contributed by atoms with E-state index in [1.165, 1.54) is 11.1 Å². The molecule has 0 aliphatic heterocycles. The molecule has 0 saturated carbocycles. The Labute approximate surface area is 130 Å². The molecule has 22 heavy (non-hydrogen) atoms. The highest BCUT2D eigenvalue weighted by Crippen LogP contribution is 2.42. The van der Waals surface area contributed by atoms with Crippen LogP contribution in [0, 0.1) is 0 Å². The van der Waals surface area contributed by atoms with Gasteiger partial charge in [-0.25, -0.2) is 0 Å². The average Bonchev–Trinajstić information content (AvgIpc) is 2.62. The van der Waals surface area contributed by atoms with Crippen LogP contribution in [0.4, 0.5) is 0 Å². The molecule has 0 bridgehead atoms. The van der Waals surface area contributed by atoms with Crippen molar-refractivity contribution in [3.63, 3.8) is 0 Å². The van der Waals surface area contributed by atoms with Crippen molar-refractivity contribution in [2.75, 3.05) is 7.11 Å². The molecule has 0 amide bonds. The Balaban J connectivity index is 2.10. The first-order valence-corrected chi connectivity index (χ1v) is 7.44. The number of ether oxygens (including phenoxy) is 1. The third-order valence-electron chi connectivity index (χ3n) is 4.14. The van der Waals surface area contributed by atoms with Gasteiger partial charge in [0.1, 0.15) is 5.75 Å². The van der Waals surface area contributed by atoms with E-state index in [9.17, 15) is 0 Å². The van der Waals surface area contributed by atoms with Gasteiger partial charge in [0.15, 0.2) is 0 Å². The van der Waals surface area contributed by atoms with Gasteiger partial charge in [0.05, 0.1) is 12.8 Å². The van der Waals surface area contributed by atoms with Crippen LogP contribution in [0.15, 0.2) is 65.8 Å². The second-order valence-electron chi connectivity index (χ2n) is 5.39. The van der Waals surface area contributed by atoms with E-state index in [0.29, 0.717) is 0 Å². The summed E-state index contributed by atoms with van der Waals surface area (Å²) in [5.74, 6) is 1.14. The van der Waals surface area contributed by atoms with Crippen LogP contribution in [0.5, 0.6) is 5.75 Å². The van der Waals surface area contributed by atoms with Crippen LogP contribution in [0.25, 0.3) is 5.57 Å². The van der Waals surface area contributed by atoms with Gasteiger partial charge in [0.25, 0.3) is 0 Å². The van der Waals surface area contributed by atoms with Gasteiger partial charge in [-0.2, -0.15) is 0 Å². The minimum absolute atomic E-state index is 0.240. The number of hydrogen-bond acceptors (Lipinski definition) is 3. The largest absolute Gasteiger partial charge is 0.496 e. The molecule has 0 aromatic heterocycles. The molecule has 3 heteroatoms. The SMILES string of the molecule is COc1ccccc1C1CCC(=NO)C=C1c1ccccc1. The van der Waals surface area contributed by atoms with E-state index >= 15 is 0 Å². The van der Waals surface area contributed by atoms with Gasteiger partial charge in [0, 0.05) is 11.5 Å². The van der Waals surface area contributed by atoms with Crippen LogP contribution in [0.2, 0.25) is 0 Å². The van der Waals surface area contributed by atoms with Crippen molar-refractivity contribution >= 4 is 11.3 Å². The molecule has 3 nitrogen and oxygen atoms in total. The summed E-state index contributed by atoms with van der Waals surface area (Å²) in [7, 11) is 1.70. The number of hydrogen-bond donors (Lipinski definition) is 1. The fourth-order valence-corrected chi connectivity index (χ4v) is 3.07. The van der Waals surface area contributed by atoms with E-state index < -0.39 is 0 Å². The zero-order valence-electron chi connectivity index (χ0n) is 12.6. The summed E-state index contributed by atoms with van der Waals surface area (Å²) in [5.41, 5.74) is 4.23. The Morgan fingerprint density at radius 2 is 1.77 bits per heavy atom. The Bertz CT molecular complexity index is 704. The van der Waals surface area contributed by atoms with Crippen molar-refractivity contribution in [2.45, 2.75) is 18.8 Å². The lowest BCUT2D eigenvalue weighted by molar-refractivity contribution is 0.317. The fourth-order valence-electron chi connectivity index (χ4n) is 3.07. The quantitative estimate of drug-likeness (QED) is 0.669. The lowest BCUT2D eigenvalue weighted by atomic mass is 9.78. The monoisotopic (exact) mass is 293 g/mol. The number of allylic oxidation sites excluding steroid dienone is 2. The van der Waals surface area contributed by atoms with Crippen molar-refractivity contribution in [3.05, 3.63) is 71.8 Å². The zero-order valence-corrected chi connectivity index (χ0v) is 12.6. The van der Waals surface area contributed by atoms with Gasteiger partial charge in [-0.1, -0.05) is 53.7 Å². The molecule has 0 heterocycles. The molecular weight excluding hydrogens is 274 g/mol. The van der Waals surface area contributed by atoms with Gasteiger partial charge in [-0.3, -0.25) is 0 Å². The Kier molecular flexibility index (Phi) is 4.24. The van der Waals surface area contributed by atoms with Crippen LogP contribution in [-0.4, -0.2) is 18.0 Å². The van der Waals surface area contributed by atoms with Crippen LogP contribution in [0.3, 0.4) is 0 Å². The summed E-state index contributed by atoms with van der Waals surface area (Å²) in [6.45, 7) is 0. The van der Waals surface area contributed by atoms with Crippen LogP contribution in [-0.2, 0) is 0 Å². The summed E-state index contributed by atoms with van der Waals surface area (Å²) in [5, 5.41) is 12.5. The van der Waals surface area contributed by atoms with Gasteiger partial charge >= 0.3 is 0 Å². The third-order valence-corrected chi connectivity index (χ3v) is 4.14. The number of nitrogens with zero attached hydrogens (tertiary/aromatic N) is 1. The minimum atomic E-state index is 0.240. The third kappa shape index (κ3) is 2.75. The smallest absolute Gasteiger partial charge is 0.122 e. The first-order chi connectivity index (χ1) is 10.8. The van der Waals surface area contributed by atoms with E-state index in [1.54, 1.807) is 7.11 Å². The Morgan fingerprint density at radius 1 is 1.05 bits per heavy atom. The normalized spacial score (nSPS) is 19.8. The van der Waals surface area contributed by atoms with E-state index in [0.717, 1.165) is 29.9 Å². The molecule has 0 radical (unpaired) electrons. The maximum absolute atomic E-state index is 9.13. The number of rotatable bonds is 3. The molecule has 1 aliphatic carbocycles. The van der Waals surface area contributed by atoms with Crippen LogP contribution in [0.1, 0.15) is 29.9 Å². The van der Waals surface area contributed by atoms with E-state index in [4.69, 9.17) is 9.94 Å². The highest BCUT2D eigenvalue weighted by molar-refractivity contribution is 6.03. The first kappa shape index (κ1) is 14.4. The number of para-hydroxylation sites is 1. The summed E-state index contributed by atoms with van der Waals surface area (Å²) in [6, 6.07) is 18.4. The molecule has 1 aliphatic rings. The van der Waals surface area contributed by atoms with Crippen LogP contribution >= 0.6 is 0 Å². The molecule has 2 aromatic carbocycles. The van der Waals surface area contributed by atoms with Gasteiger partial charge in [-0.05, 0) is 36.1 Å². The molecule has 112 valence electrons. The maximum atomic E-state index is 9.13. The standard InChI is InChI=1S/C19H19NO2/c1-22-19-10-6-5-9-17(19)16-12-11-15(20-21)13-18(16)14-7-3-2-4-8-14/h2-10,13,16,21H,11-12H2,1H3. The molecule has 3 rings (SSSR count). The molecular formula is C19H19NO2. The topological polar surface area (TPSA) is 41.8 Å². The molecule has 0 spiro atoms. The van der Waals surface area contributed by atoms with Crippen molar-refractivity contribution in [1.29, 1.82) is 0 Å². The predicted octanol–water partition coefficient (Wildman–Crippen LogP) is 4.49. The minimum Gasteiger partial charge on any atom is -0.496 e. The van der Waals surface area contributed by atoms with Crippen LogP contribution < -0.4 is 4.74 Å². The highest BCUT2D eigenvalue weighted by atomic mass is 16.5. The molecule has 0 fully saturated rings.